The molecule has 0 aromatic heterocycles. The molecule has 1 rings (SSSR count). The predicted molar refractivity (Wildman–Crippen MR) is 32.9 cm³/mol. The van der Waals surface area contributed by atoms with Crippen LogP contribution in [0, 0.1) is 0 Å². The molecule has 1 heterocycles. The highest BCUT2D eigenvalue weighted by molar-refractivity contribution is 5.71. The smallest absolute Gasteiger partial charge is 0.413 e. The first-order chi connectivity index (χ1) is 4.24. The first-order valence-electron chi connectivity index (χ1n) is 2.82. The van der Waals surface area contributed by atoms with Crippen molar-refractivity contribution in [2.75, 3.05) is 13.6 Å². The molecule has 3 nitrogen and oxygen atoms in total. The normalized spacial score (nSPS) is 23.1. The number of carbonyl (C=O) groups is 1. The maximum Gasteiger partial charge on any atom is 0.415 e. The lowest BCUT2D eigenvalue weighted by atomic mass is 10.5. The fraction of sp³-hybridized carbons (Fsp3) is 0.500. The number of hydrogen-bond donors (Lipinski definition) is 0. The van der Waals surface area contributed by atoms with Crippen LogP contribution in [0.25, 0.3) is 0 Å². The van der Waals surface area contributed by atoms with E-state index in [1.807, 2.05) is 6.92 Å². The molecule has 1 amide bonds. The molecule has 9 heavy (non-hydrogen) atoms. The molecular weight excluding hydrogens is 118 g/mol. The Bertz CT molecular complexity index is 162. The number of hydrogen-bond acceptors (Lipinski definition) is 2. The highest BCUT2D eigenvalue weighted by atomic mass is 16.6. The topological polar surface area (TPSA) is 29.5 Å². The molecule has 0 saturated carbocycles. The van der Waals surface area contributed by atoms with Crippen LogP contribution in [0.15, 0.2) is 11.8 Å². The van der Waals surface area contributed by atoms with Gasteiger partial charge in [0.15, 0.2) is 0 Å². The van der Waals surface area contributed by atoms with Crippen molar-refractivity contribution < 1.29 is 9.53 Å². The molecule has 0 aliphatic carbocycles. The molecule has 0 aromatic carbocycles. The summed E-state index contributed by atoms with van der Waals surface area (Å²) in [5, 5.41) is 0. The Kier molecular flexibility index (Phi) is 1.42. The summed E-state index contributed by atoms with van der Waals surface area (Å²) in [7, 11) is 1.71. The summed E-state index contributed by atoms with van der Waals surface area (Å²) in [4.78, 5) is 12.1. The summed E-state index contributed by atoms with van der Waals surface area (Å²) in [6.07, 6.45) is 1.53. The van der Waals surface area contributed by atoms with Crippen molar-refractivity contribution in [2.24, 2.45) is 0 Å². The van der Waals surface area contributed by atoms with E-state index >= 15 is 0 Å². The molecule has 1 fully saturated rings. The van der Waals surface area contributed by atoms with Gasteiger partial charge in [-0.1, -0.05) is 0 Å². The Morgan fingerprint density at radius 3 is 2.67 bits per heavy atom. The van der Waals surface area contributed by atoms with Crippen LogP contribution in [-0.4, -0.2) is 24.6 Å². The van der Waals surface area contributed by atoms with Gasteiger partial charge >= 0.3 is 6.09 Å². The maximum atomic E-state index is 10.6. The molecule has 0 N–H and O–H groups in total. The fourth-order valence-corrected chi connectivity index (χ4v) is 0.671. The van der Waals surface area contributed by atoms with Gasteiger partial charge in [0.25, 0.3) is 0 Å². The second-order valence-corrected chi connectivity index (χ2v) is 1.98. The Labute approximate surface area is 53.9 Å². The summed E-state index contributed by atoms with van der Waals surface area (Å²) < 4.78 is 4.77. The van der Waals surface area contributed by atoms with Gasteiger partial charge in [-0.25, -0.2) is 4.79 Å². The molecule has 0 radical (unpaired) electrons. The average molecular weight is 127 g/mol. The largest absolute Gasteiger partial charge is 0.415 e. The molecular formula is C6H9NO2. The predicted octanol–water partition coefficient (Wildman–Crippen LogP) is 0.972. The van der Waals surface area contributed by atoms with E-state index in [0.29, 0.717) is 6.54 Å². The number of likely N-dealkylation sites (N-methyl/N-ethyl adjacent to an activating group) is 1. The van der Waals surface area contributed by atoms with E-state index < -0.39 is 0 Å². The number of carbonyl (C=O) groups excluding carboxylic acids is 1. The lowest BCUT2D eigenvalue weighted by molar-refractivity contribution is 0.175. The molecule has 1 aliphatic heterocycles. The van der Waals surface area contributed by atoms with E-state index in [0.717, 1.165) is 5.76 Å². The highest BCUT2D eigenvalue weighted by Gasteiger charge is 2.21. The van der Waals surface area contributed by atoms with Crippen molar-refractivity contribution >= 4 is 6.09 Å². The quantitative estimate of drug-likeness (QED) is 0.485. The standard InChI is InChI=1S/C6H9NO2/c1-3-5-4-7(2)6(8)9-5/h3H,4H2,1-2H3/b5-3-. The Balaban J connectivity index is 2.65. The number of amides is 1. The minimum Gasteiger partial charge on any atom is -0.413 e. The van der Waals surface area contributed by atoms with Crippen molar-refractivity contribution in [2.45, 2.75) is 6.92 Å². The van der Waals surface area contributed by atoms with Gasteiger partial charge in [0.1, 0.15) is 5.76 Å². The van der Waals surface area contributed by atoms with Crippen LogP contribution in [0.2, 0.25) is 0 Å². The molecule has 0 unspecified atom stereocenters. The second-order valence-electron chi connectivity index (χ2n) is 1.98. The fourth-order valence-electron chi connectivity index (χ4n) is 0.671. The van der Waals surface area contributed by atoms with Gasteiger partial charge in [-0.15, -0.1) is 0 Å². The third-order valence-corrected chi connectivity index (χ3v) is 1.25. The van der Waals surface area contributed by atoms with Gasteiger partial charge in [-0.3, -0.25) is 0 Å². The summed E-state index contributed by atoms with van der Waals surface area (Å²) >= 11 is 0. The summed E-state index contributed by atoms with van der Waals surface area (Å²) in [6.45, 7) is 2.46. The molecule has 3 heteroatoms. The Morgan fingerprint density at radius 1 is 1.78 bits per heavy atom. The number of nitrogens with zero attached hydrogens (tertiary/aromatic N) is 1. The van der Waals surface area contributed by atoms with Gasteiger partial charge in [-0.2, -0.15) is 0 Å². The van der Waals surface area contributed by atoms with Crippen LogP contribution in [0.4, 0.5) is 4.79 Å². The highest BCUT2D eigenvalue weighted by Crippen LogP contribution is 2.10. The van der Waals surface area contributed by atoms with E-state index in [2.05, 4.69) is 0 Å². The Morgan fingerprint density at radius 2 is 2.44 bits per heavy atom. The number of ether oxygens (including phenoxy) is 1. The SMILES string of the molecule is C/C=C1/CN(C)C(=O)O1. The van der Waals surface area contributed by atoms with E-state index in [-0.39, 0.29) is 6.09 Å². The first-order valence-corrected chi connectivity index (χ1v) is 2.82. The number of cyclic esters (lactones) is 1. The molecule has 50 valence electrons. The van der Waals surface area contributed by atoms with Crippen LogP contribution in [0.5, 0.6) is 0 Å². The zero-order chi connectivity index (χ0) is 6.85. The molecule has 0 bridgehead atoms. The van der Waals surface area contributed by atoms with Crippen LogP contribution in [0.3, 0.4) is 0 Å². The first kappa shape index (κ1) is 6.13. The van der Waals surface area contributed by atoms with E-state index in [1.54, 1.807) is 13.1 Å². The van der Waals surface area contributed by atoms with Gasteiger partial charge in [0, 0.05) is 7.05 Å². The van der Waals surface area contributed by atoms with Crippen molar-refractivity contribution in [1.29, 1.82) is 0 Å². The van der Waals surface area contributed by atoms with E-state index in [1.165, 1.54) is 4.90 Å². The Hall–Kier alpha value is -0.990. The maximum absolute atomic E-state index is 10.6. The minimum atomic E-state index is -0.261. The van der Waals surface area contributed by atoms with Gasteiger partial charge in [-0.05, 0) is 13.0 Å². The second kappa shape index (κ2) is 2.09. The molecule has 1 saturated heterocycles. The monoisotopic (exact) mass is 127 g/mol. The van der Waals surface area contributed by atoms with Crippen LogP contribution in [0.1, 0.15) is 6.92 Å². The van der Waals surface area contributed by atoms with Crippen molar-refractivity contribution in [1.82, 2.24) is 4.90 Å². The van der Waals surface area contributed by atoms with Crippen molar-refractivity contribution in [3.63, 3.8) is 0 Å². The van der Waals surface area contributed by atoms with Crippen LogP contribution < -0.4 is 0 Å². The molecule has 0 spiro atoms. The van der Waals surface area contributed by atoms with Gasteiger partial charge < -0.3 is 9.64 Å². The van der Waals surface area contributed by atoms with Crippen molar-refractivity contribution in [3.05, 3.63) is 11.8 Å². The molecule has 0 atom stereocenters. The summed E-state index contributed by atoms with van der Waals surface area (Å²) in [5.41, 5.74) is 0. The third kappa shape index (κ3) is 1.04. The zero-order valence-corrected chi connectivity index (χ0v) is 5.55. The summed E-state index contributed by atoms with van der Waals surface area (Å²) in [5.74, 6) is 0.738. The number of allylic oxidation sites excluding steroid dienone is 1. The van der Waals surface area contributed by atoms with Crippen LogP contribution >= 0.6 is 0 Å². The van der Waals surface area contributed by atoms with Gasteiger partial charge in [0.05, 0.1) is 6.54 Å². The van der Waals surface area contributed by atoms with E-state index in [9.17, 15) is 4.79 Å². The van der Waals surface area contributed by atoms with E-state index in [4.69, 9.17) is 4.74 Å². The minimum absolute atomic E-state index is 0.261. The van der Waals surface area contributed by atoms with Crippen LogP contribution in [-0.2, 0) is 4.74 Å². The van der Waals surface area contributed by atoms with Gasteiger partial charge in [0.2, 0.25) is 0 Å². The average Bonchev–Trinajstić information content (AvgIpc) is 2.13. The zero-order valence-electron chi connectivity index (χ0n) is 5.55. The summed E-state index contributed by atoms with van der Waals surface area (Å²) in [6, 6.07) is 0. The molecule has 0 aromatic rings. The van der Waals surface area contributed by atoms with Crippen molar-refractivity contribution in [3.8, 4) is 0 Å². The number of rotatable bonds is 0. The lowest BCUT2D eigenvalue weighted by Crippen LogP contribution is -2.17. The third-order valence-electron chi connectivity index (χ3n) is 1.25. The molecule has 1 aliphatic rings. The lowest BCUT2D eigenvalue weighted by Gasteiger charge is -1.98.